The van der Waals surface area contributed by atoms with Crippen LogP contribution in [0.25, 0.3) is 5.57 Å². The molecule has 0 N–H and O–H groups in total. The molecule has 1 aromatic rings. The van der Waals surface area contributed by atoms with Crippen molar-refractivity contribution in [1.29, 1.82) is 5.26 Å². The Kier molecular flexibility index (Phi) is 5.56. The van der Waals surface area contributed by atoms with Crippen molar-refractivity contribution in [1.82, 2.24) is 0 Å². The minimum atomic E-state index is -0.612. The number of allylic oxidation sites excluding steroid dienone is 3. The molecular formula is C23H29NO3. The monoisotopic (exact) mass is 367 g/mol. The number of rotatable bonds is 4. The molecule has 0 saturated heterocycles. The van der Waals surface area contributed by atoms with E-state index in [1.165, 1.54) is 0 Å². The Morgan fingerprint density at radius 1 is 1.22 bits per heavy atom. The van der Waals surface area contributed by atoms with Gasteiger partial charge in [0, 0.05) is 5.41 Å². The van der Waals surface area contributed by atoms with Crippen LogP contribution >= 0.6 is 0 Å². The highest BCUT2D eigenvalue weighted by atomic mass is 16.5. The topological polar surface area (TPSA) is 59.3 Å². The molecule has 0 aliphatic heterocycles. The van der Waals surface area contributed by atoms with Crippen LogP contribution in [0, 0.1) is 16.7 Å². The number of nitriles is 1. The second-order valence-electron chi connectivity index (χ2n) is 8.97. The van der Waals surface area contributed by atoms with E-state index in [1.807, 2.05) is 46.8 Å². The van der Waals surface area contributed by atoms with Crippen LogP contribution in [0.15, 0.2) is 29.5 Å². The van der Waals surface area contributed by atoms with Crippen molar-refractivity contribution >= 4 is 11.4 Å². The summed E-state index contributed by atoms with van der Waals surface area (Å²) < 4.78 is 11.3. The number of Topliss-reactive ketones (excluding diaryl/α,β-unsaturated/α-hetero) is 1. The van der Waals surface area contributed by atoms with E-state index in [0.29, 0.717) is 17.9 Å². The lowest BCUT2D eigenvalue weighted by molar-refractivity contribution is -0.122. The molecule has 1 aliphatic carbocycles. The summed E-state index contributed by atoms with van der Waals surface area (Å²) in [6.45, 7) is 13.6. The van der Waals surface area contributed by atoms with Crippen LogP contribution < -0.4 is 9.47 Å². The predicted octanol–water partition coefficient (Wildman–Crippen LogP) is 5.57. The molecule has 0 fully saturated rings. The van der Waals surface area contributed by atoms with Crippen LogP contribution in [0.5, 0.6) is 11.5 Å². The molecule has 0 bridgehead atoms. The van der Waals surface area contributed by atoms with E-state index in [-0.39, 0.29) is 16.8 Å². The number of methoxy groups -OCH3 is 1. The van der Waals surface area contributed by atoms with E-state index in [9.17, 15) is 10.1 Å². The zero-order chi connectivity index (χ0) is 20.6. The summed E-state index contributed by atoms with van der Waals surface area (Å²) in [6, 6.07) is 6.03. The first-order valence-electron chi connectivity index (χ1n) is 9.13. The van der Waals surface area contributed by atoms with Gasteiger partial charge in [0.25, 0.3) is 0 Å². The van der Waals surface area contributed by atoms with Crippen molar-refractivity contribution in [2.24, 2.45) is 5.41 Å². The van der Waals surface area contributed by atoms with Crippen LogP contribution in [0.1, 0.15) is 66.0 Å². The fourth-order valence-electron chi connectivity index (χ4n) is 3.29. The molecule has 27 heavy (non-hydrogen) atoms. The van der Waals surface area contributed by atoms with Gasteiger partial charge in [0.15, 0.2) is 17.3 Å². The Balaban J connectivity index is 2.75. The Bertz CT molecular complexity index is 870. The zero-order valence-corrected chi connectivity index (χ0v) is 17.6. The molecule has 1 aromatic carbocycles. The van der Waals surface area contributed by atoms with E-state index in [2.05, 4.69) is 19.9 Å². The maximum Gasteiger partial charge on any atom is 0.178 e. The van der Waals surface area contributed by atoms with Crippen LogP contribution in [-0.4, -0.2) is 12.9 Å². The summed E-state index contributed by atoms with van der Waals surface area (Å²) in [7, 11) is 1.61. The van der Waals surface area contributed by atoms with Crippen molar-refractivity contribution in [2.75, 3.05) is 7.11 Å². The minimum Gasteiger partial charge on any atom is -0.493 e. The Morgan fingerprint density at radius 2 is 1.85 bits per heavy atom. The highest BCUT2D eigenvalue weighted by Gasteiger charge is 2.39. The highest BCUT2D eigenvalue weighted by molar-refractivity contribution is 6.09. The predicted molar refractivity (Wildman–Crippen MR) is 108 cm³/mol. The van der Waals surface area contributed by atoms with Gasteiger partial charge < -0.3 is 9.47 Å². The quantitative estimate of drug-likeness (QED) is 0.396. The fourth-order valence-corrected chi connectivity index (χ4v) is 3.29. The van der Waals surface area contributed by atoms with Crippen molar-refractivity contribution in [3.8, 4) is 17.6 Å². The zero-order valence-electron chi connectivity index (χ0n) is 17.6. The SMILES string of the molecule is COc1cc2c(cc1OC=C(C)C)C(=C(C#N)C(=O)C(C)(C)C)CC2(C)C. The minimum absolute atomic E-state index is 0.133. The first-order valence-corrected chi connectivity index (χ1v) is 9.13. The lowest BCUT2D eigenvalue weighted by Gasteiger charge is -2.20. The number of ether oxygens (including phenoxy) is 2. The van der Waals surface area contributed by atoms with E-state index in [4.69, 9.17) is 9.47 Å². The molecule has 0 atom stereocenters. The van der Waals surface area contributed by atoms with Gasteiger partial charge in [-0.3, -0.25) is 4.79 Å². The van der Waals surface area contributed by atoms with E-state index >= 15 is 0 Å². The molecule has 2 rings (SSSR count). The van der Waals surface area contributed by atoms with Crippen LogP contribution in [0.2, 0.25) is 0 Å². The largest absolute Gasteiger partial charge is 0.493 e. The fraction of sp³-hybridized carbons (Fsp3) is 0.478. The van der Waals surface area contributed by atoms with Gasteiger partial charge in [-0.25, -0.2) is 0 Å². The molecule has 144 valence electrons. The van der Waals surface area contributed by atoms with Gasteiger partial charge >= 0.3 is 0 Å². The number of fused-ring (bicyclic) bond motifs is 1. The Hall–Kier alpha value is -2.54. The van der Waals surface area contributed by atoms with Gasteiger partial charge in [-0.2, -0.15) is 5.26 Å². The number of carbonyl (C=O) groups is 1. The number of nitrogens with zero attached hydrogens (tertiary/aromatic N) is 1. The van der Waals surface area contributed by atoms with Gasteiger partial charge in [0.2, 0.25) is 0 Å². The first-order chi connectivity index (χ1) is 12.4. The number of carbonyl (C=O) groups excluding carboxylic acids is 1. The van der Waals surface area contributed by atoms with Crippen molar-refractivity contribution in [2.45, 2.75) is 60.3 Å². The highest BCUT2D eigenvalue weighted by Crippen LogP contribution is 2.50. The maximum absolute atomic E-state index is 12.9. The third kappa shape index (κ3) is 4.08. The third-order valence-electron chi connectivity index (χ3n) is 4.72. The smallest absolute Gasteiger partial charge is 0.178 e. The lowest BCUT2D eigenvalue weighted by Crippen LogP contribution is -2.22. The van der Waals surface area contributed by atoms with E-state index < -0.39 is 5.41 Å². The molecule has 0 heterocycles. The van der Waals surface area contributed by atoms with Crippen LogP contribution in [-0.2, 0) is 10.2 Å². The second-order valence-corrected chi connectivity index (χ2v) is 8.97. The molecule has 4 nitrogen and oxygen atoms in total. The summed E-state index contributed by atoms with van der Waals surface area (Å²) in [6.07, 6.45) is 2.29. The number of ketones is 1. The second kappa shape index (κ2) is 7.23. The molecule has 0 saturated carbocycles. The average molecular weight is 367 g/mol. The molecule has 0 spiro atoms. The van der Waals surface area contributed by atoms with Gasteiger partial charge in [-0.05, 0) is 60.1 Å². The molecule has 0 amide bonds. The van der Waals surface area contributed by atoms with Gasteiger partial charge in [-0.15, -0.1) is 0 Å². The number of hydrogen-bond donors (Lipinski definition) is 0. The molecule has 0 aromatic heterocycles. The number of hydrogen-bond acceptors (Lipinski definition) is 4. The summed E-state index contributed by atoms with van der Waals surface area (Å²) in [5.74, 6) is 1.08. The van der Waals surface area contributed by atoms with Crippen molar-refractivity contribution < 1.29 is 14.3 Å². The van der Waals surface area contributed by atoms with E-state index in [0.717, 1.165) is 22.3 Å². The van der Waals surface area contributed by atoms with Crippen molar-refractivity contribution in [3.63, 3.8) is 0 Å². The van der Waals surface area contributed by atoms with Gasteiger partial charge in [0.1, 0.15) is 6.07 Å². The van der Waals surface area contributed by atoms with Crippen LogP contribution in [0.3, 0.4) is 0 Å². The number of benzene rings is 1. The standard InChI is InChI=1S/C23H29NO3/c1-14(2)13-27-20-9-15-16(17(12-24)21(25)22(3,4)5)11-23(6,7)18(15)10-19(20)26-8/h9-10,13H,11H2,1-8H3. The molecule has 0 radical (unpaired) electrons. The molecule has 0 unspecified atom stereocenters. The Morgan fingerprint density at radius 3 is 2.33 bits per heavy atom. The molecular weight excluding hydrogens is 338 g/mol. The summed E-state index contributed by atoms with van der Waals surface area (Å²) in [5.41, 5.74) is 3.20. The lowest BCUT2D eigenvalue weighted by atomic mass is 9.83. The normalized spacial score (nSPS) is 16.9. The van der Waals surface area contributed by atoms with E-state index in [1.54, 1.807) is 13.4 Å². The summed E-state index contributed by atoms with van der Waals surface area (Å²) in [4.78, 5) is 12.9. The third-order valence-corrected chi connectivity index (χ3v) is 4.72. The van der Waals surface area contributed by atoms with Gasteiger partial charge in [-0.1, -0.05) is 34.6 Å². The first kappa shape index (κ1) is 20.8. The van der Waals surface area contributed by atoms with Crippen molar-refractivity contribution in [3.05, 3.63) is 40.7 Å². The van der Waals surface area contributed by atoms with Gasteiger partial charge in [0.05, 0.1) is 18.9 Å². The van der Waals surface area contributed by atoms with Crippen LogP contribution in [0.4, 0.5) is 0 Å². The Labute approximate surface area is 162 Å². The average Bonchev–Trinajstić information content (AvgIpc) is 2.82. The molecule has 4 heteroatoms. The maximum atomic E-state index is 12.9. The summed E-state index contributed by atoms with van der Waals surface area (Å²) in [5, 5.41) is 9.77. The molecule has 1 aliphatic rings. The summed E-state index contributed by atoms with van der Waals surface area (Å²) >= 11 is 0.